The molecule has 2 aromatic carbocycles. The minimum absolute atomic E-state index is 0.310. The number of para-hydroxylation sites is 1. The van der Waals surface area contributed by atoms with Crippen LogP contribution in [0, 0.1) is 5.92 Å². The van der Waals surface area contributed by atoms with Gasteiger partial charge in [0.1, 0.15) is 17.3 Å². The molecule has 2 heteroatoms. The molecule has 1 aliphatic carbocycles. The predicted molar refractivity (Wildman–Crippen MR) is 88.9 cm³/mol. The highest BCUT2D eigenvalue weighted by molar-refractivity contribution is 5.73. The lowest BCUT2D eigenvalue weighted by Crippen LogP contribution is -2.04. The second-order valence-electron chi connectivity index (χ2n) is 5.72. The number of benzene rings is 2. The summed E-state index contributed by atoms with van der Waals surface area (Å²) < 4.78 is 11.8. The van der Waals surface area contributed by atoms with Crippen molar-refractivity contribution in [2.24, 2.45) is 5.92 Å². The number of allylic oxidation sites excluding steroid dienone is 1. The highest BCUT2D eigenvalue weighted by Crippen LogP contribution is 2.37. The maximum atomic E-state index is 6.25. The van der Waals surface area contributed by atoms with Gasteiger partial charge in [0.2, 0.25) is 0 Å². The van der Waals surface area contributed by atoms with Crippen LogP contribution in [-0.2, 0) is 6.42 Å². The first kappa shape index (κ1) is 13.2. The molecule has 0 saturated carbocycles. The number of hydrogen-bond donors (Lipinski definition) is 0. The Labute approximate surface area is 130 Å². The molecule has 0 N–H and O–H groups in total. The van der Waals surface area contributed by atoms with Crippen LogP contribution in [0.1, 0.15) is 23.1 Å². The molecule has 1 aliphatic heterocycles. The molecule has 0 spiro atoms. The summed E-state index contributed by atoms with van der Waals surface area (Å²) in [4.78, 5) is 0. The van der Waals surface area contributed by atoms with E-state index in [4.69, 9.17) is 9.47 Å². The first-order valence-electron chi connectivity index (χ1n) is 7.68. The van der Waals surface area contributed by atoms with Gasteiger partial charge in [-0.15, -0.1) is 0 Å². The number of fused-ring (bicyclic) bond motifs is 3. The van der Waals surface area contributed by atoms with Gasteiger partial charge in [0.15, 0.2) is 0 Å². The van der Waals surface area contributed by atoms with Crippen LogP contribution in [0.5, 0.6) is 11.5 Å². The predicted octanol–water partition coefficient (Wildman–Crippen LogP) is 4.70. The van der Waals surface area contributed by atoms with Crippen LogP contribution in [0.25, 0.3) is 12.2 Å². The van der Waals surface area contributed by atoms with Crippen molar-refractivity contribution in [1.29, 1.82) is 0 Å². The lowest BCUT2D eigenvalue weighted by Gasteiger charge is -2.14. The first-order valence-corrected chi connectivity index (χ1v) is 7.68. The Morgan fingerprint density at radius 1 is 1.09 bits per heavy atom. The lowest BCUT2D eigenvalue weighted by molar-refractivity contribution is 0.384. The number of ether oxygens (including phenoxy) is 2. The maximum absolute atomic E-state index is 6.25. The van der Waals surface area contributed by atoms with Crippen LogP contribution in [0.15, 0.2) is 54.3 Å². The molecule has 0 fully saturated rings. The number of methoxy groups -OCH3 is 1. The number of hydrogen-bond acceptors (Lipinski definition) is 2. The van der Waals surface area contributed by atoms with Crippen molar-refractivity contribution in [1.82, 2.24) is 0 Å². The molecule has 4 rings (SSSR count). The van der Waals surface area contributed by atoms with E-state index in [2.05, 4.69) is 42.5 Å². The van der Waals surface area contributed by atoms with E-state index < -0.39 is 0 Å². The van der Waals surface area contributed by atoms with Crippen LogP contribution in [0.4, 0.5) is 0 Å². The monoisotopic (exact) mass is 290 g/mol. The summed E-state index contributed by atoms with van der Waals surface area (Å²) in [5, 5.41) is 0. The van der Waals surface area contributed by atoms with Gasteiger partial charge in [0.05, 0.1) is 7.11 Å². The average Bonchev–Trinajstić information content (AvgIpc) is 2.83. The molecular weight excluding hydrogens is 272 g/mol. The third-order valence-corrected chi connectivity index (χ3v) is 4.40. The molecule has 0 bridgehead atoms. The zero-order chi connectivity index (χ0) is 14.9. The summed E-state index contributed by atoms with van der Waals surface area (Å²) in [6.45, 7) is 0. The summed E-state index contributed by atoms with van der Waals surface area (Å²) in [7, 11) is 1.71. The van der Waals surface area contributed by atoms with Gasteiger partial charge in [0, 0.05) is 11.5 Å². The Hall–Kier alpha value is -2.48. The topological polar surface area (TPSA) is 18.5 Å². The van der Waals surface area contributed by atoms with Crippen molar-refractivity contribution in [2.75, 3.05) is 7.11 Å². The lowest BCUT2D eigenvalue weighted by atomic mass is 9.98. The first-order chi connectivity index (χ1) is 10.8. The van der Waals surface area contributed by atoms with Crippen LogP contribution in [0.3, 0.4) is 0 Å². The minimum atomic E-state index is 0.310. The average molecular weight is 290 g/mol. The summed E-state index contributed by atoms with van der Waals surface area (Å²) in [6.07, 6.45) is 8.68. The normalized spacial score (nSPS) is 18.8. The number of aryl methyl sites for hydroxylation is 1. The van der Waals surface area contributed by atoms with Crippen molar-refractivity contribution >= 4 is 12.2 Å². The smallest absolute Gasteiger partial charge is 0.130 e. The van der Waals surface area contributed by atoms with E-state index in [1.807, 2.05) is 18.2 Å². The van der Waals surface area contributed by atoms with Gasteiger partial charge in [-0.3, -0.25) is 0 Å². The molecule has 0 radical (unpaired) electrons. The third-order valence-electron chi connectivity index (χ3n) is 4.40. The van der Waals surface area contributed by atoms with Crippen LogP contribution >= 0.6 is 0 Å². The quantitative estimate of drug-likeness (QED) is 0.757. The van der Waals surface area contributed by atoms with Crippen molar-refractivity contribution in [3.8, 4) is 11.5 Å². The zero-order valence-electron chi connectivity index (χ0n) is 12.6. The Kier molecular flexibility index (Phi) is 3.23. The van der Waals surface area contributed by atoms with Gasteiger partial charge >= 0.3 is 0 Å². The van der Waals surface area contributed by atoms with E-state index >= 15 is 0 Å². The van der Waals surface area contributed by atoms with E-state index in [1.54, 1.807) is 7.11 Å². The van der Waals surface area contributed by atoms with Crippen LogP contribution in [-0.4, -0.2) is 7.11 Å². The van der Waals surface area contributed by atoms with E-state index in [1.165, 1.54) is 11.1 Å². The Balaban J connectivity index is 1.84. The van der Waals surface area contributed by atoms with Gasteiger partial charge < -0.3 is 9.47 Å². The van der Waals surface area contributed by atoms with Crippen LogP contribution in [0.2, 0.25) is 0 Å². The minimum Gasteiger partial charge on any atom is -0.496 e. The SMILES string of the molecule is COc1cccc2c1C=C1Oc3ccccc3CCC1C=C2. The molecule has 0 aromatic heterocycles. The molecule has 1 unspecified atom stereocenters. The zero-order valence-corrected chi connectivity index (χ0v) is 12.6. The van der Waals surface area contributed by atoms with Gasteiger partial charge in [0.25, 0.3) is 0 Å². The molecule has 110 valence electrons. The summed E-state index contributed by atoms with van der Waals surface area (Å²) in [5.41, 5.74) is 3.56. The second kappa shape index (κ2) is 5.38. The Bertz CT molecular complexity index is 771. The van der Waals surface area contributed by atoms with Gasteiger partial charge in [-0.1, -0.05) is 42.5 Å². The molecular formula is C20H18O2. The van der Waals surface area contributed by atoms with Crippen molar-refractivity contribution in [3.05, 3.63) is 71.0 Å². The van der Waals surface area contributed by atoms with Crippen molar-refractivity contribution < 1.29 is 9.47 Å². The molecule has 0 amide bonds. The largest absolute Gasteiger partial charge is 0.496 e. The fourth-order valence-electron chi connectivity index (χ4n) is 3.19. The summed E-state index contributed by atoms with van der Waals surface area (Å²) in [6, 6.07) is 14.4. The van der Waals surface area contributed by atoms with E-state index in [9.17, 15) is 0 Å². The van der Waals surface area contributed by atoms with Crippen LogP contribution < -0.4 is 9.47 Å². The van der Waals surface area contributed by atoms with Gasteiger partial charge in [-0.05, 0) is 42.2 Å². The van der Waals surface area contributed by atoms with Crippen molar-refractivity contribution in [3.63, 3.8) is 0 Å². The van der Waals surface area contributed by atoms with Gasteiger partial charge in [-0.2, -0.15) is 0 Å². The summed E-state index contributed by atoms with van der Waals surface area (Å²) in [5.74, 6) is 3.17. The molecule has 22 heavy (non-hydrogen) atoms. The molecule has 2 nitrogen and oxygen atoms in total. The fourth-order valence-corrected chi connectivity index (χ4v) is 3.19. The molecule has 0 saturated heterocycles. The number of rotatable bonds is 1. The maximum Gasteiger partial charge on any atom is 0.130 e. The molecule has 1 atom stereocenters. The molecule has 2 aromatic rings. The molecule has 2 aliphatic rings. The highest BCUT2D eigenvalue weighted by Gasteiger charge is 2.23. The standard InChI is InChI=1S/C20H18O2/c1-21-19-8-4-6-14-9-10-16-12-11-15-5-2-3-7-18(15)22-20(16)13-17(14)19/h2-10,13,16H,11-12H2,1H3. The van der Waals surface area contributed by atoms with E-state index in [-0.39, 0.29) is 0 Å². The highest BCUT2D eigenvalue weighted by atomic mass is 16.5. The summed E-state index contributed by atoms with van der Waals surface area (Å²) >= 11 is 0. The van der Waals surface area contributed by atoms with E-state index in [0.29, 0.717) is 5.92 Å². The molecule has 1 heterocycles. The van der Waals surface area contributed by atoms with E-state index in [0.717, 1.165) is 35.7 Å². The fraction of sp³-hybridized carbons (Fsp3) is 0.200. The Morgan fingerprint density at radius 3 is 2.91 bits per heavy atom. The second-order valence-corrected chi connectivity index (χ2v) is 5.72. The third kappa shape index (κ3) is 2.21. The Morgan fingerprint density at radius 2 is 2.00 bits per heavy atom. The van der Waals surface area contributed by atoms with Gasteiger partial charge in [-0.25, -0.2) is 0 Å². The van der Waals surface area contributed by atoms with Crippen molar-refractivity contribution in [2.45, 2.75) is 12.8 Å².